The number of ether oxygens (including phenoxy) is 2. The molecule has 0 aliphatic rings. The zero-order chi connectivity index (χ0) is 26.1. The highest BCUT2D eigenvalue weighted by atomic mass is 16.5. The molecule has 186 valence electrons. The summed E-state index contributed by atoms with van der Waals surface area (Å²) in [6.45, 7) is 5.16. The van der Waals surface area contributed by atoms with Crippen molar-refractivity contribution < 1.29 is 28.7 Å². The molecule has 0 bridgehead atoms. The van der Waals surface area contributed by atoms with Crippen molar-refractivity contribution in [1.82, 2.24) is 5.32 Å². The molecule has 0 spiro atoms. The molecule has 0 heterocycles. The molecule has 0 unspecified atom stereocenters. The molecule has 3 aromatic carbocycles. The lowest BCUT2D eigenvalue weighted by Gasteiger charge is -2.17. The minimum absolute atomic E-state index is 0.0442. The maximum absolute atomic E-state index is 12.7. The molecule has 0 fully saturated rings. The Balaban J connectivity index is 1.57. The minimum atomic E-state index is -0.675. The third-order valence-corrected chi connectivity index (χ3v) is 5.03. The summed E-state index contributed by atoms with van der Waals surface area (Å²) in [6.07, 6.45) is 0. The van der Waals surface area contributed by atoms with E-state index in [9.17, 15) is 19.2 Å². The van der Waals surface area contributed by atoms with Crippen LogP contribution in [0.1, 0.15) is 47.1 Å². The molecule has 0 saturated carbocycles. The number of nitrogens with one attached hydrogen (secondary N) is 2. The Morgan fingerprint density at radius 3 is 2.11 bits per heavy atom. The van der Waals surface area contributed by atoms with Crippen LogP contribution in [0.25, 0.3) is 0 Å². The van der Waals surface area contributed by atoms with Crippen LogP contribution in [0, 0.1) is 5.41 Å². The van der Waals surface area contributed by atoms with E-state index >= 15 is 0 Å². The number of para-hydroxylation sites is 1. The van der Waals surface area contributed by atoms with E-state index in [1.807, 2.05) is 30.3 Å². The van der Waals surface area contributed by atoms with Gasteiger partial charge in [-0.1, -0.05) is 63.2 Å². The first-order valence-electron chi connectivity index (χ1n) is 11.3. The molecule has 0 saturated heterocycles. The highest BCUT2D eigenvalue weighted by molar-refractivity contribution is 6.00. The topological polar surface area (TPSA) is 111 Å². The highest BCUT2D eigenvalue weighted by Gasteiger charge is 2.21. The molecule has 0 atom stereocenters. The third-order valence-electron chi connectivity index (χ3n) is 5.03. The Labute approximate surface area is 209 Å². The van der Waals surface area contributed by atoms with Gasteiger partial charge in [0, 0.05) is 11.1 Å². The van der Waals surface area contributed by atoms with Gasteiger partial charge < -0.3 is 20.1 Å². The van der Waals surface area contributed by atoms with Crippen LogP contribution >= 0.6 is 0 Å². The summed E-state index contributed by atoms with van der Waals surface area (Å²) in [5, 5.41) is 5.26. The lowest BCUT2D eigenvalue weighted by molar-refractivity contribution is -0.143. The summed E-state index contributed by atoms with van der Waals surface area (Å²) in [6, 6.07) is 21.6. The fraction of sp³-hybridized carbons (Fsp3) is 0.214. The number of hydrogen-bond acceptors (Lipinski definition) is 6. The summed E-state index contributed by atoms with van der Waals surface area (Å²) in [5.74, 6) is -1.97. The zero-order valence-corrected chi connectivity index (χ0v) is 20.4. The van der Waals surface area contributed by atoms with Gasteiger partial charge in [-0.15, -0.1) is 0 Å². The predicted molar refractivity (Wildman–Crippen MR) is 134 cm³/mol. The number of anilines is 1. The molecule has 36 heavy (non-hydrogen) atoms. The van der Waals surface area contributed by atoms with Crippen molar-refractivity contribution in [1.29, 1.82) is 0 Å². The number of esters is 2. The van der Waals surface area contributed by atoms with Crippen molar-refractivity contribution in [2.45, 2.75) is 27.4 Å². The quantitative estimate of drug-likeness (QED) is 0.360. The first-order chi connectivity index (χ1) is 17.1. The Morgan fingerprint density at radius 1 is 0.806 bits per heavy atom. The van der Waals surface area contributed by atoms with Gasteiger partial charge in [-0.3, -0.25) is 14.4 Å². The maximum Gasteiger partial charge on any atom is 0.343 e. The molecule has 3 rings (SSSR count). The van der Waals surface area contributed by atoms with Crippen molar-refractivity contribution in [3.05, 3.63) is 95.6 Å². The predicted octanol–water partition coefficient (Wildman–Crippen LogP) is 4.36. The van der Waals surface area contributed by atoms with E-state index in [0.29, 0.717) is 5.69 Å². The Kier molecular flexibility index (Phi) is 8.57. The molecule has 0 aliphatic carbocycles. The molecule has 0 radical (unpaired) electrons. The molecule has 0 aromatic heterocycles. The zero-order valence-electron chi connectivity index (χ0n) is 20.4. The summed E-state index contributed by atoms with van der Waals surface area (Å²) in [4.78, 5) is 49.4. The third kappa shape index (κ3) is 7.53. The Morgan fingerprint density at radius 2 is 1.44 bits per heavy atom. The average molecular weight is 489 g/mol. The van der Waals surface area contributed by atoms with E-state index in [1.165, 1.54) is 24.3 Å². The van der Waals surface area contributed by atoms with Gasteiger partial charge in [-0.05, 0) is 42.0 Å². The van der Waals surface area contributed by atoms with Gasteiger partial charge in [0.1, 0.15) is 18.9 Å². The largest absolute Gasteiger partial charge is 0.460 e. The van der Waals surface area contributed by atoms with Gasteiger partial charge in [-0.25, -0.2) is 4.79 Å². The van der Waals surface area contributed by atoms with E-state index in [1.54, 1.807) is 45.0 Å². The molecular weight excluding hydrogens is 460 g/mol. The summed E-state index contributed by atoms with van der Waals surface area (Å²) < 4.78 is 10.6. The van der Waals surface area contributed by atoms with E-state index in [4.69, 9.17) is 9.47 Å². The van der Waals surface area contributed by atoms with Crippen LogP contribution in [-0.2, 0) is 20.9 Å². The van der Waals surface area contributed by atoms with E-state index in [2.05, 4.69) is 10.6 Å². The van der Waals surface area contributed by atoms with Gasteiger partial charge in [0.05, 0.1) is 11.1 Å². The van der Waals surface area contributed by atoms with E-state index < -0.39 is 23.3 Å². The van der Waals surface area contributed by atoms with Crippen LogP contribution in [0.4, 0.5) is 5.69 Å². The number of benzene rings is 3. The normalized spacial score (nSPS) is 10.8. The van der Waals surface area contributed by atoms with Crippen LogP contribution in [0.5, 0.6) is 5.75 Å². The van der Waals surface area contributed by atoms with Gasteiger partial charge in [0.2, 0.25) is 5.91 Å². The smallest absolute Gasteiger partial charge is 0.343 e. The standard InChI is InChI=1S/C28H28N2O6/c1-28(2,3)27(34)30-21-15-13-20(14-16-21)26(33)36-23-12-8-7-11-22(23)25(32)29-17-24(31)35-18-19-9-5-4-6-10-19/h4-16H,17-18H2,1-3H3,(H,29,32)(H,30,34). The highest BCUT2D eigenvalue weighted by Crippen LogP contribution is 2.21. The van der Waals surface area contributed by atoms with Gasteiger partial charge in [-0.2, -0.15) is 0 Å². The number of rotatable bonds is 8. The van der Waals surface area contributed by atoms with Crippen LogP contribution in [0.2, 0.25) is 0 Å². The first-order valence-corrected chi connectivity index (χ1v) is 11.3. The average Bonchev–Trinajstić information content (AvgIpc) is 2.86. The lowest BCUT2D eigenvalue weighted by Crippen LogP contribution is -2.31. The number of carbonyl (C=O) groups excluding carboxylic acids is 4. The van der Waals surface area contributed by atoms with Crippen LogP contribution in [0.3, 0.4) is 0 Å². The van der Waals surface area contributed by atoms with Crippen molar-refractivity contribution in [3.63, 3.8) is 0 Å². The first kappa shape index (κ1) is 26.2. The number of hydrogen-bond donors (Lipinski definition) is 2. The molecular formula is C28H28N2O6. The van der Waals surface area contributed by atoms with E-state index in [-0.39, 0.29) is 35.9 Å². The van der Waals surface area contributed by atoms with Gasteiger partial charge in [0.15, 0.2) is 0 Å². The number of carbonyl (C=O) groups is 4. The fourth-order valence-corrected chi connectivity index (χ4v) is 2.95. The molecule has 2 amide bonds. The molecule has 3 aromatic rings. The van der Waals surface area contributed by atoms with Crippen molar-refractivity contribution in [2.24, 2.45) is 5.41 Å². The van der Waals surface area contributed by atoms with Crippen LogP contribution in [-0.4, -0.2) is 30.3 Å². The molecule has 8 nitrogen and oxygen atoms in total. The second-order valence-corrected chi connectivity index (χ2v) is 9.00. The maximum atomic E-state index is 12.7. The number of amides is 2. The second kappa shape index (κ2) is 11.8. The van der Waals surface area contributed by atoms with Crippen molar-refractivity contribution >= 4 is 29.4 Å². The fourth-order valence-electron chi connectivity index (χ4n) is 2.95. The lowest BCUT2D eigenvalue weighted by atomic mass is 9.95. The van der Waals surface area contributed by atoms with Crippen LogP contribution in [0.15, 0.2) is 78.9 Å². The Bertz CT molecular complexity index is 1230. The summed E-state index contributed by atoms with van der Waals surface area (Å²) in [5.41, 5.74) is 1.16. The van der Waals surface area contributed by atoms with Gasteiger partial charge >= 0.3 is 11.9 Å². The summed E-state index contributed by atoms with van der Waals surface area (Å²) >= 11 is 0. The van der Waals surface area contributed by atoms with Crippen LogP contribution < -0.4 is 15.4 Å². The summed E-state index contributed by atoms with van der Waals surface area (Å²) in [7, 11) is 0. The van der Waals surface area contributed by atoms with E-state index in [0.717, 1.165) is 5.56 Å². The van der Waals surface area contributed by atoms with Crippen molar-refractivity contribution in [2.75, 3.05) is 11.9 Å². The molecule has 8 heteroatoms. The molecule has 0 aliphatic heterocycles. The Hall–Kier alpha value is -4.46. The molecule has 2 N–H and O–H groups in total. The SMILES string of the molecule is CC(C)(C)C(=O)Nc1ccc(C(=O)Oc2ccccc2C(=O)NCC(=O)OCc2ccccc2)cc1. The second-order valence-electron chi connectivity index (χ2n) is 9.00. The monoisotopic (exact) mass is 488 g/mol. The minimum Gasteiger partial charge on any atom is -0.460 e. The van der Waals surface area contributed by atoms with Crippen molar-refractivity contribution in [3.8, 4) is 5.75 Å². The van der Waals surface area contributed by atoms with Gasteiger partial charge in [0.25, 0.3) is 5.91 Å².